The summed E-state index contributed by atoms with van der Waals surface area (Å²) in [5.74, 6) is -1.79. The van der Waals surface area contributed by atoms with Gasteiger partial charge in [0.15, 0.2) is 11.6 Å². The van der Waals surface area contributed by atoms with Gasteiger partial charge in [0.2, 0.25) is 0 Å². The fourth-order valence-electron chi connectivity index (χ4n) is 3.26. The van der Waals surface area contributed by atoms with Crippen molar-refractivity contribution in [2.24, 2.45) is 0 Å². The summed E-state index contributed by atoms with van der Waals surface area (Å²) in [5, 5.41) is 2.77. The molecule has 0 atom stereocenters. The summed E-state index contributed by atoms with van der Waals surface area (Å²) < 4.78 is 29.1. The molecular weight excluding hydrogens is 350 g/mol. The molecule has 1 aliphatic heterocycles. The van der Waals surface area contributed by atoms with Crippen molar-refractivity contribution < 1.29 is 13.6 Å². The highest BCUT2D eigenvalue weighted by Gasteiger charge is 2.21. The first-order valence-corrected chi connectivity index (χ1v) is 8.72. The number of imidazole rings is 1. The second-order valence-electron chi connectivity index (χ2n) is 6.35. The molecular formula is C20H18F2N4O. The minimum absolute atomic E-state index is 0.0900. The zero-order valence-electron chi connectivity index (χ0n) is 14.5. The molecule has 27 heavy (non-hydrogen) atoms. The smallest absolute Gasteiger partial charge is 0.317 e. The maximum atomic E-state index is 13.9. The molecule has 1 fully saturated rings. The Kier molecular flexibility index (Phi) is 4.58. The Morgan fingerprint density at radius 2 is 1.81 bits per heavy atom. The molecule has 1 saturated heterocycles. The third-order valence-corrected chi connectivity index (χ3v) is 4.63. The molecule has 0 bridgehead atoms. The highest BCUT2D eigenvalue weighted by Crippen LogP contribution is 2.32. The molecule has 0 saturated carbocycles. The number of carbonyl (C=O) groups is 1. The first-order valence-electron chi connectivity index (χ1n) is 8.72. The summed E-state index contributed by atoms with van der Waals surface area (Å²) in [5.41, 5.74) is 2.80. The van der Waals surface area contributed by atoms with Crippen LogP contribution in [0.3, 0.4) is 0 Å². The van der Waals surface area contributed by atoms with Crippen molar-refractivity contribution in [2.45, 2.75) is 6.54 Å². The number of nitrogens with zero attached hydrogens (tertiary/aromatic N) is 3. The van der Waals surface area contributed by atoms with Crippen molar-refractivity contribution in [2.75, 3.05) is 19.6 Å². The molecule has 0 aliphatic carbocycles. The number of carbonyl (C=O) groups excluding carboxylic acids is 1. The molecule has 5 nitrogen and oxygen atoms in total. The fourth-order valence-corrected chi connectivity index (χ4v) is 3.26. The van der Waals surface area contributed by atoms with Crippen LogP contribution in [0.25, 0.3) is 22.5 Å². The molecule has 1 aromatic heterocycles. The average molecular weight is 368 g/mol. The lowest BCUT2D eigenvalue weighted by Crippen LogP contribution is -2.31. The molecule has 1 N–H and O–H groups in total. The van der Waals surface area contributed by atoms with Crippen molar-refractivity contribution in [1.82, 2.24) is 19.8 Å². The predicted molar refractivity (Wildman–Crippen MR) is 98.0 cm³/mol. The molecule has 7 heteroatoms. The summed E-state index contributed by atoms with van der Waals surface area (Å²) in [6.07, 6.45) is 1.67. The number of amides is 2. The second kappa shape index (κ2) is 7.19. The van der Waals surface area contributed by atoms with Gasteiger partial charge in [0.25, 0.3) is 0 Å². The van der Waals surface area contributed by atoms with E-state index < -0.39 is 11.6 Å². The van der Waals surface area contributed by atoms with Crippen molar-refractivity contribution in [3.05, 3.63) is 66.5 Å². The first-order chi connectivity index (χ1) is 13.1. The summed E-state index contributed by atoms with van der Waals surface area (Å²) >= 11 is 0. The van der Waals surface area contributed by atoms with Gasteiger partial charge in [0, 0.05) is 37.3 Å². The number of hydrogen-bond acceptors (Lipinski definition) is 2. The lowest BCUT2D eigenvalue weighted by molar-refractivity contribution is 0.215. The lowest BCUT2D eigenvalue weighted by atomic mass is 10.0. The highest BCUT2D eigenvalue weighted by atomic mass is 19.2. The quantitative estimate of drug-likeness (QED) is 0.749. The Bertz CT molecular complexity index is 971. The monoisotopic (exact) mass is 368 g/mol. The number of halogens is 2. The van der Waals surface area contributed by atoms with Gasteiger partial charge in [0.1, 0.15) is 0 Å². The van der Waals surface area contributed by atoms with Crippen LogP contribution in [0.2, 0.25) is 0 Å². The Balaban J connectivity index is 1.73. The normalized spacial score (nSPS) is 13.9. The number of nitrogens with one attached hydrogen (secondary N) is 1. The number of hydrogen-bond donors (Lipinski definition) is 1. The molecule has 0 unspecified atom stereocenters. The van der Waals surface area contributed by atoms with Gasteiger partial charge in [-0.1, -0.05) is 30.3 Å². The van der Waals surface area contributed by atoms with Crippen LogP contribution < -0.4 is 5.32 Å². The summed E-state index contributed by atoms with van der Waals surface area (Å²) in [7, 11) is 0. The number of urea groups is 1. The van der Waals surface area contributed by atoms with Gasteiger partial charge in [-0.25, -0.2) is 18.6 Å². The van der Waals surface area contributed by atoms with Gasteiger partial charge < -0.3 is 14.8 Å². The lowest BCUT2D eigenvalue weighted by Gasteiger charge is -2.16. The number of rotatable bonds is 5. The van der Waals surface area contributed by atoms with Gasteiger partial charge in [-0.15, -0.1) is 0 Å². The molecule has 0 spiro atoms. The average Bonchev–Trinajstić information content (AvgIpc) is 3.29. The summed E-state index contributed by atoms with van der Waals surface area (Å²) in [4.78, 5) is 18.0. The van der Waals surface area contributed by atoms with Crippen LogP contribution in [-0.2, 0) is 6.54 Å². The Labute approximate surface area is 155 Å². The molecule has 2 amide bonds. The first kappa shape index (κ1) is 17.2. The second-order valence-corrected chi connectivity index (χ2v) is 6.35. The van der Waals surface area contributed by atoms with E-state index in [0.29, 0.717) is 43.1 Å². The summed E-state index contributed by atoms with van der Waals surface area (Å²) in [6, 6.07) is 13.3. The van der Waals surface area contributed by atoms with E-state index in [2.05, 4.69) is 10.3 Å². The standard InChI is InChI=1S/C20H18F2N4O/c21-16-7-6-15(12-17(16)22)19-18(14-4-2-1-3-5-14)24-13-26(19)11-10-25-9-8-23-20(25)27/h1-7,12-13H,8-11H2,(H,23,27). The van der Waals surface area contributed by atoms with Crippen LogP contribution >= 0.6 is 0 Å². The van der Waals surface area contributed by atoms with Crippen molar-refractivity contribution in [3.8, 4) is 22.5 Å². The molecule has 2 heterocycles. The van der Waals surface area contributed by atoms with Crippen molar-refractivity contribution in [1.29, 1.82) is 0 Å². The van der Waals surface area contributed by atoms with Gasteiger partial charge in [-0.3, -0.25) is 0 Å². The molecule has 2 aromatic carbocycles. The van der Waals surface area contributed by atoms with Crippen LogP contribution in [0.1, 0.15) is 0 Å². The third-order valence-electron chi connectivity index (χ3n) is 4.63. The Morgan fingerprint density at radius 3 is 2.52 bits per heavy atom. The van der Waals surface area contributed by atoms with Crippen LogP contribution in [0.4, 0.5) is 13.6 Å². The van der Waals surface area contributed by atoms with E-state index in [1.807, 2.05) is 34.9 Å². The minimum atomic E-state index is -0.904. The Hall–Kier alpha value is -3.22. The number of benzene rings is 2. The van der Waals surface area contributed by atoms with Crippen LogP contribution in [-0.4, -0.2) is 40.1 Å². The largest absolute Gasteiger partial charge is 0.336 e. The van der Waals surface area contributed by atoms with Crippen LogP contribution in [0, 0.1) is 11.6 Å². The van der Waals surface area contributed by atoms with E-state index in [-0.39, 0.29) is 6.03 Å². The van der Waals surface area contributed by atoms with Gasteiger partial charge in [0.05, 0.1) is 17.7 Å². The predicted octanol–water partition coefficient (Wildman–Crippen LogP) is 3.52. The maximum Gasteiger partial charge on any atom is 0.317 e. The highest BCUT2D eigenvalue weighted by molar-refractivity contribution is 5.79. The molecule has 138 valence electrons. The van der Waals surface area contributed by atoms with Gasteiger partial charge in [-0.2, -0.15) is 0 Å². The minimum Gasteiger partial charge on any atom is -0.336 e. The van der Waals surface area contributed by atoms with Gasteiger partial charge >= 0.3 is 6.03 Å². The maximum absolute atomic E-state index is 13.9. The zero-order valence-corrected chi connectivity index (χ0v) is 14.5. The zero-order chi connectivity index (χ0) is 18.8. The van der Waals surface area contributed by atoms with E-state index in [9.17, 15) is 13.6 Å². The molecule has 0 radical (unpaired) electrons. The van der Waals surface area contributed by atoms with E-state index in [1.54, 1.807) is 17.3 Å². The van der Waals surface area contributed by atoms with Crippen LogP contribution in [0.5, 0.6) is 0 Å². The summed E-state index contributed by atoms with van der Waals surface area (Å²) in [6.45, 7) is 2.29. The number of aromatic nitrogens is 2. The molecule has 3 aromatic rings. The van der Waals surface area contributed by atoms with E-state index in [0.717, 1.165) is 11.6 Å². The SMILES string of the molecule is O=C1NCCN1CCn1cnc(-c2ccccc2)c1-c1ccc(F)c(F)c1. The van der Waals surface area contributed by atoms with Crippen LogP contribution in [0.15, 0.2) is 54.9 Å². The third kappa shape index (κ3) is 3.40. The van der Waals surface area contributed by atoms with E-state index in [4.69, 9.17) is 0 Å². The van der Waals surface area contributed by atoms with E-state index in [1.165, 1.54) is 6.07 Å². The van der Waals surface area contributed by atoms with Crippen molar-refractivity contribution in [3.63, 3.8) is 0 Å². The molecule has 4 rings (SSSR count). The fraction of sp³-hybridized carbons (Fsp3) is 0.200. The topological polar surface area (TPSA) is 50.2 Å². The molecule has 1 aliphatic rings. The van der Waals surface area contributed by atoms with Gasteiger partial charge in [-0.05, 0) is 18.2 Å². The Morgan fingerprint density at radius 1 is 1.00 bits per heavy atom. The van der Waals surface area contributed by atoms with E-state index >= 15 is 0 Å². The van der Waals surface area contributed by atoms with Crippen molar-refractivity contribution >= 4 is 6.03 Å².